The summed E-state index contributed by atoms with van der Waals surface area (Å²) in [5.74, 6) is -0.238. The van der Waals surface area contributed by atoms with Crippen LogP contribution in [0.1, 0.15) is 15.9 Å². The molecular weight excluding hydrogens is 346 g/mol. The van der Waals surface area contributed by atoms with Crippen LogP contribution >= 0.6 is 11.8 Å². The largest absolute Gasteiger partial charge is 0.465 e. The molecule has 3 aromatic rings. The summed E-state index contributed by atoms with van der Waals surface area (Å²) in [5, 5.41) is 5.20. The summed E-state index contributed by atoms with van der Waals surface area (Å²) in [5.41, 5.74) is 1.77. The summed E-state index contributed by atoms with van der Waals surface area (Å²) in [4.78, 5) is 25.1. The monoisotopic (exact) mass is 365 g/mol. The average molecular weight is 365 g/mol. The van der Waals surface area contributed by atoms with Gasteiger partial charge in [-0.15, -0.1) is 11.8 Å². The van der Waals surface area contributed by atoms with Crippen molar-refractivity contribution in [3.63, 3.8) is 0 Å². The van der Waals surface area contributed by atoms with E-state index in [2.05, 4.69) is 29.6 Å². The van der Waals surface area contributed by atoms with Crippen LogP contribution in [0.25, 0.3) is 10.8 Å². The molecule has 5 heteroatoms. The molecule has 0 fully saturated rings. The lowest BCUT2D eigenvalue weighted by Crippen LogP contribution is -2.16. The highest BCUT2D eigenvalue weighted by Crippen LogP contribution is 2.24. The van der Waals surface area contributed by atoms with Crippen molar-refractivity contribution < 1.29 is 14.3 Å². The summed E-state index contributed by atoms with van der Waals surface area (Å²) in [6.45, 7) is 1.79. The Morgan fingerprint density at radius 2 is 1.77 bits per heavy atom. The molecule has 0 saturated heterocycles. The van der Waals surface area contributed by atoms with Crippen LogP contribution in [0.3, 0.4) is 0 Å². The summed E-state index contributed by atoms with van der Waals surface area (Å²) in [6.07, 6.45) is 0. The zero-order valence-corrected chi connectivity index (χ0v) is 15.4. The van der Waals surface area contributed by atoms with Gasteiger partial charge in [-0.2, -0.15) is 0 Å². The molecule has 0 spiro atoms. The van der Waals surface area contributed by atoms with Crippen molar-refractivity contribution in [1.82, 2.24) is 0 Å². The standard InChI is InChI=1S/C21H19NO3S/c1-14-18(21(24)25-2)8-5-9-19(14)22-20(23)13-26-17-11-10-15-6-3-4-7-16(15)12-17/h3-12H,13H2,1-2H3,(H,22,23). The molecule has 0 radical (unpaired) electrons. The number of esters is 1. The number of ether oxygens (including phenoxy) is 1. The smallest absolute Gasteiger partial charge is 0.338 e. The highest BCUT2D eigenvalue weighted by molar-refractivity contribution is 8.00. The van der Waals surface area contributed by atoms with E-state index in [1.54, 1.807) is 25.1 Å². The number of anilines is 1. The molecule has 0 aliphatic carbocycles. The summed E-state index contributed by atoms with van der Waals surface area (Å²) in [7, 11) is 1.34. The fourth-order valence-corrected chi connectivity index (χ4v) is 3.44. The third-order valence-electron chi connectivity index (χ3n) is 4.10. The number of methoxy groups -OCH3 is 1. The van der Waals surface area contributed by atoms with Gasteiger partial charge in [-0.25, -0.2) is 4.79 Å². The number of amides is 1. The molecule has 1 amide bonds. The first kappa shape index (κ1) is 18.0. The lowest BCUT2D eigenvalue weighted by Gasteiger charge is -2.11. The second-order valence-electron chi connectivity index (χ2n) is 5.82. The quantitative estimate of drug-likeness (QED) is 0.527. The first-order valence-corrected chi connectivity index (χ1v) is 9.16. The van der Waals surface area contributed by atoms with Gasteiger partial charge in [0.05, 0.1) is 18.4 Å². The lowest BCUT2D eigenvalue weighted by atomic mass is 10.1. The minimum absolute atomic E-state index is 0.117. The molecule has 3 rings (SSSR count). The van der Waals surface area contributed by atoms with E-state index in [4.69, 9.17) is 4.74 Å². The second kappa shape index (κ2) is 8.06. The van der Waals surface area contributed by atoms with Gasteiger partial charge in [0.15, 0.2) is 0 Å². The van der Waals surface area contributed by atoms with Crippen molar-refractivity contribution in [3.8, 4) is 0 Å². The summed E-state index contributed by atoms with van der Waals surface area (Å²) >= 11 is 1.48. The maximum absolute atomic E-state index is 12.3. The number of rotatable bonds is 5. The fourth-order valence-electron chi connectivity index (χ4n) is 2.69. The zero-order valence-electron chi connectivity index (χ0n) is 14.6. The molecule has 4 nitrogen and oxygen atoms in total. The van der Waals surface area contributed by atoms with Gasteiger partial charge in [0.2, 0.25) is 5.91 Å². The lowest BCUT2D eigenvalue weighted by molar-refractivity contribution is -0.113. The fraction of sp³-hybridized carbons (Fsp3) is 0.143. The molecule has 0 heterocycles. The molecule has 1 N–H and O–H groups in total. The Labute approximate surface area is 156 Å². The Morgan fingerprint density at radius 3 is 2.54 bits per heavy atom. The van der Waals surface area contributed by atoms with Crippen LogP contribution in [0, 0.1) is 6.92 Å². The topological polar surface area (TPSA) is 55.4 Å². The SMILES string of the molecule is COC(=O)c1cccc(NC(=O)CSc2ccc3ccccc3c2)c1C. The van der Waals surface area contributed by atoms with E-state index >= 15 is 0 Å². The maximum atomic E-state index is 12.3. The molecule has 0 bridgehead atoms. The first-order valence-electron chi connectivity index (χ1n) is 8.18. The van der Waals surface area contributed by atoms with Crippen molar-refractivity contribution in [2.45, 2.75) is 11.8 Å². The van der Waals surface area contributed by atoms with E-state index in [0.717, 1.165) is 10.3 Å². The minimum atomic E-state index is -0.413. The van der Waals surface area contributed by atoms with Gasteiger partial charge in [0.25, 0.3) is 0 Å². The average Bonchev–Trinajstić information content (AvgIpc) is 2.67. The Morgan fingerprint density at radius 1 is 1.00 bits per heavy atom. The number of fused-ring (bicyclic) bond motifs is 1. The van der Waals surface area contributed by atoms with Crippen molar-refractivity contribution >= 4 is 40.1 Å². The molecule has 132 valence electrons. The third-order valence-corrected chi connectivity index (χ3v) is 5.10. The number of thioether (sulfide) groups is 1. The van der Waals surface area contributed by atoms with E-state index < -0.39 is 5.97 Å². The maximum Gasteiger partial charge on any atom is 0.338 e. The van der Waals surface area contributed by atoms with Gasteiger partial charge < -0.3 is 10.1 Å². The van der Waals surface area contributed by atoms with Gasteiger partial charge in [-0.1, -0.05) is 36.4 Å². The van der Waals surface area contributed by atoms with E-state index in [1.165, 1.54) is 24.3 Å². The van der Waals surface area contributed by atoms with Crippen LogP contribution in [0.4, 0.5) is 5.69 Å². The highest BCUT2D eigenvalue weighted by atomic mass is 32.2. The Kier molecular flexibility index (Phi) is 5.58. The number of hydrogen-bond acceptors (Lipinski definition) is 4. The predicted octanol–water partition coefficient (Wildman–Crippen LogP) is 4.67. The Bertz CT molecular complexity index is 968. The molecule has 3 aromatic carbocycles. The summed E-state index contributed by atoms with van der Waals surface area (Å²) in [6, 6.07) is 19.5. The van der Waals surface area contributed by atoms with Gasteiger partial charge in [-0.3, -0.25) is 4.79 Å². The van der Waals surface area contributed by atoms with Crippen molar-refractivity contribution in [2.75, 3.05) is 18.2 Å². The molecule has 0 atom stereocenters. The van der Waals surface area contributed by atoms with Crippen molar-refractivity contribution in [2.24, 2.45) is 0 Å². The molecule has 0 unspecified atom stereocenters. The van der Waals surface area contributed by atoms with Crippen LogP contribution in [-0.2, 0) is 9.53 Å². The van der Waals surface area contributed by atoms with Crippen LogP contribution in [0.5, 0.6) is 0 Å². The Hall–Kier alpha value is -2.79. The van der Waals surface area contributed by atoms with Gasteiger partial charge >= 0.3 is 5.97 Å². The molecular formula is C21H19NO3S. The molecule has 0 aromatic heterocycles. The normalized spacial score (nSPS) is 10.5. The van der Waals surface area contributed by atoms with Crippen molar-refractivity contribution in [3.05, 3.63) is 71.8 Å². The number of benzene rings is 3. The Balaban J connectivity index is 1.66. The zero-order chi connectivity index (χ0) is 18.5. The van der Waals surface area contributed by atoms with Crippen LogP contribution in [0.15, 0.2) is 65.6 Å². The second-order valence-corrected chi connectivity index (χ2v) is 6.86. The minimum Gasteiger partial charge on any atom is -0.465 e. The van der Waals surface area contributed by atoms with Crippen molar-refractivity contribution in [1.29, 1.82) is 0 Å². The summed E-state index contributed by atoms with van der Waals surface area (Å²) < 4.78 is 4.76. The number of hydrogen-bond donors (Lipinski definition) is 1. The molecule has 0 aliphatic heterocycles. The molecule has 0 aliphatic rings. The van der Waals surface area contributed by atoms with Crippen LogP contribution < -0.4 is 5.32 Å². The van der Waals surface area contributed by atoms with Gasteiger partial charge in [0.1, 0.15) is 0 Å². The molecule has 26 heavy (non-hydrogen) atoms. The van der Waals surface area contributed by atoms with E-state index in [1.807, 2.05) is 18.2 Å². The first-order chi connectivity index (χ1) is 12.6. The third kappa shape index (κ3) is 4.06. The van der Waals surface area contributed by atoms with Gasteiger partial charge in [0, 0.05) is 10.6 Å². The van der Waals surface area contributed by atoms with E-state index in [9.17, 15) is 9.59 Å². The molecule has 0 saturated carbocycles. The predicted molar refractivity (Wildman–Crippen MR) is 106 cm³/mol. The number of carbonyl (C=O) groups is 2. The number of carbonyl (C=O) groups excluding carboxylic acids is 2. The highest BCUT2D eigenvalue weighted by Gasteiger charge is 2.13. The number of nitrogens with one attached hydrogen (secondary N) is 1. The van der Waals surface area contributed by atoms with E-state index in [-0.39, 0.29) is 5.91 Å². The van der Waals surface area contributed by atoms with Crippen LogP contribution in [0.2, 0.25) is 0 Å². The van der Waals surface area contributed by atoms with E-state index in [0.29, 0.717) is 22.6 Å². The van der Waals surface area contributed by atoms with Crippen LogP contribution in [-0.4, -0.2) is 24.7 Å². The van der Waals surface area contributed by atoms with Gasteiger partial charge in [-0.05, 0) is 47.5 Å².